The average molecular weight is 350 g/mol. The molecule has 2 aromatic rings. The summed E-state index contributed by atoms with van der Waals surface area (Å²) in [5.41, 5.74) is 1.44. The molecule has 1 fully saturated rings. The average Bonchev–Trinajstić information content (AvgIpc) is 3.03. The molecule has 4 heteroatoms. The molecule has 0 unspecified atom stereocenters. The molecule has 1 aliphatic rings. The van der Waals surface area contributed by atoms with Crippen LogP contribution in [0.5, 0.6) is 0 Å². The monoisotopic (exact) mass is 349 g/mol. The first-order chi connectivity index (χ1) is 10.8. The maximum absolute atomic E-state index is 12.1. The zero-order valence-electron chi connectivity index (χ0n) is 13.3. The Morgan fingerprint density at radius 2 is 1.83 bits per heavy atom. The summed E-state index contributed by atoms with van der Waals surface area (Å²) >= 11 is 1.68. The van der Waals surface area contributed by atoms with Crippen LogP contribution in [0.15, 0.2) is 47.8 Å². The van der Waals surface area contributed by atoms with Crippen LogP contribution in [-0.2, 0) is 17.6 Å². The molecule has 0 bridgehead atoms. The lowest BCUT2D eigenvalue weighted by molar-refractivity contribution is -0.119. The van der Waals surface area contributed by atoms with Crippen molar-refractivity contribution in [3.8, 4) is 0 Å². The Bertz CT molecular complexity index is 577. The number of hydrogen-bond acceptors (Lipinski definition) is 3. The molecule has 0 spiro atoms. The number of rotatable bonds is 6. The topological polar surface area (TPSA) is 20.3 Å². The number of likely N-dealkylation sites (tertiary alicyclic amines) is 1. The van der Waals surface area contributed by atoms with Crippen molar-refractivity contribution >= 4 is 29.5 Å². The number of thiophene rings is 1. The summed E-state index contributed by atoms with van der Waals surface area (Å²) < 4.78 is 0. The van der Waals surface area contributed by atoms with Crippen LogP contribution in [0.3, 0.4) is 0 Å². The number of piperidine rings is 1. The minimum atomic E-state index is 0. The molecule has 2 nitrogen and oxygen atoms in total. The minimum absolute atomic E-state index is 0. The van der Waals surface area contributed by atoms with Crippen molar-refractivity contribution in [2.24, 2.45) is 5.92 Å². The fraction of sp³-hybridized carbons (Fsp3) is 0.421. The highest BCUT2D eigenvalue weighted by Crippen LogP contribution is 2.21. The van der Waals surface area contributed by atoms with Crippen molar-refractivity contribution in [1.29, 1.82) is 0 Å². The normalized spacial score (nSPS) is 16.0. The van der Waals surface area contributed by atoms with Gasteiger partial charge in [-0.1, -0.05) is 36.4 Å². The number of carbonyl (C=O) groups is 1. The second kappa shape index (κ2) is 9.21. The van der Waals surface area contributed by atoms with Gasteiger partial charge >= 0.3 is 0 Å². The number of hydrogen-bond donors (Lipinski definition) is 0. The molecule has 1 aromatic carbocycles. The van der Waals surface area contributed by atoms with E-state index in [1.165, 1.54) is 29.7 Å². The number of nitrogens with zero attached hydrogens (tertiary/aromatic N) is 1. The molecule has 124 valence electrons. The Balaban J connectivity index is 0.00000192. The Morgan fingerprint density at radius 1 is 1.09 bits per heavy atom. The predicted octanol–water partition coefficient (Wildman–Crippen LogP) is 4.24. The highest BCUT2D eigenvalue weighted by molar-refractivity contribution is 7.10. The summed E-state index contributed by atoms with van der Waals surface area (Å²) in [5, 5.41) is 2.04. The molecule has 23 heavy (non-hydrogen) atoms. The first-order valence-electron chi connectivity index (χ1n) is 8.10. The van der Waals surface area contributed by atoms with E-state index in [4.69, 9.17) is 0 Å². The van der Waals surface area contributed by atoms with Gasteiger partial charge in [-0.15, -0.1) is 23.7 Å². The van der Waals surface area contributed by atoms with Gasteiger partial charge in [0.15, 0.2) is 5.78 Å². The Morgan fingerprint density at radius 3 is 2.48 bits per heavy atom. The van der Waals surface area contributed by atoms with Gasteiger partial charge in [-0.05, 0) is 55.3 Å². The number of carbonyl (C=O) groups excluding carboxylic acids is 1. The van der Waals surface area contributed by atoms with Crippen LogP contribution in [0.4, 0.5) is 0 Å². The quantitative estimate of drug-likeness (QED) is 0.777. The molecule has 1 aromatic heterocycles. The zero-order valence-corrected chi connectivity index (χ0v) is 15.0. The number of benzene rings is 1. The van der Waals surface area contributed by atoms with Gasteiger partial charge in [0.1, 0.15) is 0 Å². The smallest absolute Gasteiger partial charge is 0.152 e. The van der Waals surface area contributed by atoms with Crippen molar-refractivity contribution in [2.45, 2.75) is 25.7 Å². The molecular formula is C19H24ClNOS. The third kappa shape index (κ3) is 5.76. The molecule has 3 rings (SSSR count). The maximum Gasteiger partial charge on any atom is 0.152 e. The molecule has 0 amide bonds. The van der Waals surface area contributed by atoms with Gasteiger partial charge in [-0.3, -0.25) is 9.69 Å². The van der Waals surface area contributed by atoms with E-state index in [0.717, 1.165) is 19.0 Å². The van der Waals surface area contributed by atoms with Gasteiger partial charge in [-0.2, -0.15) is 0 Å². The van der Waals surface area contributed by atoms with Crippen molar-refractivity contribution in [2.75, 3.05) is 19.6 Å². The minimum Gasteiger partial charge on any atom is -0.298 e. The fourth-order valence-electron chi connectivity index (χ4n) is 3.21. The van der Waals surface area contributed by atoms with Crippen molar-refractivity contribution in [3.05, 3.63) is 58.3 Å². The van der Waals surface area contributed by atoms with Gasteiger partial charge in [0.05, 0.1) is 6.54 Å². The van der Waals surface area contributed by atoms with Crippen LogP contribution in [0.25, 0.3) is 0 Å². The summed E-state index contributed by atoms with van der Waals surface area (Å²) in [6.07, 6.45) is 4.20. The lowest BCUT2D eigenvalue weighted by atomic mass is 9.90. The maximum atomic E-state index is 12.1. The van der Waals surface area contributed by atoms with Crippen LogP contribution in [0.2, 0.25) is 0 Å². The standard InChI is InChI=1S/C19H23NOS.ClH/c21-18(14-19-7-4-12-22-19)15-20-10-8-17(9-11-20)13-16-5-2-1-3-6-16;/h1-7,12,17H,8-11,13-15H2;1H. The molecule has 0 aliphatic carbocycles. The lowest BCUT2D eigenvalue weighted by Crippen LogP contribution is -2.38. The van der Waals surface area contributed by atoms with E-state index in [2.05, 4.69) is 41.3 Å². The highest BCUT2D eigenvalue weighted by Gasteiger charge is 2.21. The largest absolute Gasteiger partial charge is 0.298 e. The Labute approximate surface area is 148 Å². The highest BCUT2D eigenvalue weighted by atomic mass is 35.5. The van der Waals surface area contributed by atoms with Crippen molar-refractivity contribution in [3.63, 3.8) is 0 Å². The van der Waals surface area contributed by atoms with Gasteiger partial charge in [0.2, 0.25) is 0 Å². The molecule has 1 saturated heterocycles. The summed E-state index contributed by atoms with van der Waals surface area (Å²) in [7, 11) is 0. The summed E-state index contributed by atoms with van der Waals surface area (Å²) in [5.74, 6) is 1.12. The van der Waals surface area contributed by atoms with Gasteiger partial charge < -0.3 is 0 Å². The molecule has 0 atom stereocenters. The SMILES string of the molecule is Cl.O=C(Cc1cccs1)CN1CCC(Cc2ccccc2)CC1. The van der Waals surface area contributed by atoms with Gasteiger partial charge in [-0.25, -0.2) is 0 Å². The third-order valence-corrected chi connectivity index (χ3v) is 5.30. The van der Waals surface area contributed by atoms with Crippen LogP contribution in [-0.4, -0.2) is 30.3 Å². The van der Waals surface area contributed by atoms with Crippen LogP contribution < -0.4 is 0 Å². The Kier molecular flexibility index (Phi) is 7.28. The molecule has 0 radical (unpaired) electrons. The number of Topliss-reactive ketones (excluding diaryl/α,β-unsaturated/α-hetero) is 1. The Hall–Kier alpha value is -1.16. The fourth-order valence-corrected chi connectivity index (χ4v) is 3.94. The summed E-state index contributed by atoms with van der Waals surface area (Å²) in [4.78, 5) is 15.6. The van der Waals surface area contributed by atoms with E-state index >= 15 is 0 Å². The van der Waals surface area contributed by atoms with E-state index in [9.17, 15) is 4.79 Å². The van der Waals surface area contributed by atoms with Gasteiger partial charge in [0.25, 0.3) is 0 Å². The molecule has 1 aliphatic heterocycles. The van der Waals surface area contributed by atoms with Crippen molar-refractivity contribution in [1.82, 2.24) is 4.90 Å². The first kappa shape index (κ1) is 18.2. The molecule has 0 N–H and O–H groups in total. The van der Waals surface area contributed by atoms with Crippen LogP contribution in [0, 0.1) is 5.92 Å². The lowest BCUT2D eigenvalue weighted by Gasteiger charge is -2.31. The van der Waals surface area contributed by atoms with Crippen LogP contribution >= 0.6 is 23.7 Å². The van der Waals surface area contributed by atoms with Crippen molar-refractivity contribution < 1.29 is 4.79 Å². The summed E-state index contributed by atoms with van der Waals surface area (Å²) in [6, 6.07) is 14.8. The second-order valence-electron chi connectivity index (χ2n) is 6.20. The molecule has 0 saturated carbocycles. The van der Waals surface area contributed by atoms with E-state index < -0.39 is 0 Å². The molecular weight excluding hydrogens is 326 g/mol. The second-order valence-corrected chi connectivity index (χ2v) is 7.24. The predicted molar refractivity (Wildman–Crippen MR) is 99.6 cm³/mol. The number of ketones is 1. The third-order valence-electron chi connectivity index (χ3n) is 4.43. The van der Waals surface area contributed by atoms with E-state index in [1.807, 2.05) is 11.4 Å². The summed E-state index contributed by atoms with van der Waals surface area (Å²) in [6.45, 7) is 2.75. The van der Waals surface area contributed by atoms with E-state index in [1.54, 1.807) is 11.3 Å². The van der Waals surface area contributed by atoms with E-state index in [-0.39, 0.29) is 12.4 Å². The van der Waals surface area contributed by atoms with Crippen LogP contribution in [0.1, 0.15) is 23.3 Å². The van der Waals surface area contributed by atoms with E-state index in [0.29, 0.717) is 18.7 Å². The zero-order chi connectivity index (χ0) is 15.2. The first-order valence-corrected chi connectivity index (χ1v) is 8.98. The molecule has 2 heterocycles. The van der Waals surface area contributed by atoms with Gasteiger partial charge in [0, 0.05) is 11.3 Å². The number of halogens is 1.